The number of aromatic nitrogens is 5. The van der Waals surface area contributed by atoms with Gasteiger partial charge in [-0.25, -0.2) is 9.48 Å². The molecule has 2 N–H and O–H groups in total. The fraction of sp³-hybridized carbons (Fsp3) is 0.364. The van der Waals surface area contributed by atoms with Crippen LogP contribution in [-0.2, 0) is 18.4 Å². The summed E-state index contributed by atoms with van der Waals surface area (Å²) in [6, 6.07) is 1.36. The van der Waals surface area contributed by atoms with Gasteiger partial charge in [-0.1, -0.05) is 5.21 Å². The fourth-order valence-corrected chi connectivity index (χ4v) is 1.48. The van der Waals surface area contributed by atoms with Crippen molar-refractivity contribution in [2.24, 2.45) is 7.05 Å². The van der Waals surface area contributed by atoms with E-state index in [1.54, 1.807) is 38.1 Å². The molecule has 0 saturated heterocycles. The molecular weight excluding hydrogens is 276 g/mol. The summed E-state index contributed by atoms with van der Waals surface area (Å²) in [4.78, 5) is 24.6. The van der Waals surface area contributed by atoms with Crippen molar-refractivity contribution in [3.8, 4) is 0 Å². The largest absolute Gasteiger partial charge is 0.331 e. The van der Waals surface area contributed by atoms with Crippen LogP contribution in [0.1, 0.15) is 0 Å². The van der Waals surface area contributed by atoms with Crippen molar-refractivity contribution in [3.05, 3.63) is 18.5 Å². The molecule has 0 fully saturated rings. The number of amides is 3. The first kappa shape index (κ1) is 14.5. The molecule has 10 nitrogen and oxygen atoms in total. The lowest BCUT2D eigenvalue weighted by Crippen LogP contribution is -2.27. The topological polar surface area (TPSA) is 110 Å². The molecule has 3 amide bonds. The molecule has 0 saturated carbocycles. The van der Waals surface area contributed by atoms with Crippen LogP contribution in [0.4, 0.5) is 16.4 Å². The van der Waals surface area contributed by atoms with Crippen LogP contribution in [0.15, 0.2) is 18.5 Å². The predicted octanol–water partition coefficient (Wildman–Crippen LogP) is -0.256. The monoisotopic (exact) mass is 292 g/mol. The number of rotatable bonds is 4. The summed E-state index contributed by atoms with van der Waals surface area (Å²) in [5, 5.41) is 16.7. The van der Waals surface area contributed by atoms with Crippen LogP contribution in [0.3, 0.4) is 0 Å². The third kappa shape index (κ3) is 3.78. The van der Waals surface area contributed by atoms with Crippen molar-refractivity contribution in [2.45, 2.75) is 6.54 Å². The highest BCUT2D eigenvalue weighted by Gasteiger charge is 2.10. The molecule has 0 radical (unpaired) electrons. The molecule has 2 aromatic rings. The van der Waals surface area contributed by atoms with Crippen LogP contribution in [0.25, 0.3) is 0 Å². The summed E-state index contributed by atoms with van der Waals surface area (Å²) in [6.45, 7) is -0.0178. The zero-order valence-corrected chi connectivity index (χ0v) is 11.9. The van der Waals surface area contributed by atoms with Gasteiger partial charge in [-0.05, 0) is 0 Å². The summed E-state index contributed by atoms with van der Waals surface area (Å²) < 4.78 is 2.87. The van der Waals surface area contributed by atoms with Gasteiger partial charge in [0.2, 0.25) is 5.91 Å². The van der Waals surface area contributed by atoms with Crippen molar-refractivity contribution in [1.82, 2.24) is 29.7 Å². The van der Waals surface area contributed by atoms with Gasteiger partial charge in [0.25, 0.3) is 0 Å². The normalized spacial score (nSPS) is 10.2. The standard InChI is InChI=1S/C11H16N8O2/c1-17(2)11(21)13-8-6-19(16-15-8)7-10(20)14-9-4-5-12-18(9)3/h4-6H,7H2,1-3H3,(H,13,21)(H,14,20). The molecule has 0 bridgehead atoms. The maximum absolute atomic E-state index is 11.8. The van der Waals surface area contributed by atoms with E-state index in [1.807, 2.05) is 0 Å². The van der Waals surface area contributed by atoms with Crippen molar-refractivity contribution in [3.63, 3.8) is 0 Å². The summed E-state index contributed by atoms with van der Waals surface area (Å²) in [7, 11) is 4.95. The van der Waals surface area contributed by atoms with Gasteiger partial charge in [-0.2, -0.15) is 5.10 Å². The molecule has 0 unspecified atom stereocenters. The lowest BCUT2D eigenvalue weighted by Gasteiger charge is -2.09. The SMILES string of the molecule is CN(C)C(=O)Nc1cn(CC(=O)Nc2ccnn2C)nn1. The molecule has 2 rings (SSSR count). The highest BCUT2D eigenvalue weighted by atomic mass is 16.2. The highest BCUT2D eigenvalue weighted by Crippen LogP contribution is 2.04. The second-order valence-corrected chi connectivity index (χ2v) is 4.51. The van der Waals surface area contributed by atoms with Crippen LogP contribution in [0.2, 0.25) is 0 Å². The number of nitrogens with one attached hydrogen (secondary N) is 2. The second-order valence-electron chi connectivity index (χ2n) is 4.51. The first-order chi connectivity index (χ1) is 9.95. The number of urea groups is 1. The number of carbonyl (C=O) groups excluding carboxylic acids is 2. The molecule has 2 aromatic heterocycles. The smallest absolute Gasteiger partial charge is 0.322 e. The number of hydrogen-bond acceptors (Lipinski definition) is 5. The fourth-order valence-electron chi connectivity index (χ4n) is 1.48. The van der Waals surface area contributed by atoms with Crippen molar-refractivity contribution < 1.29 is 9.59 Å². The van der Waals surface area contributed by atoms with E-state index in [1.165, 1.54) is 15.8 Å². The van der Waals surface area contributed by atoms with E-state index in [9.17, 15) is 9.59 Å². The van der Waals surface area contributed by atoms with Gasteiger partial charge < -0.3 is 10.2 Å². The van der Waals surface area contributed by atoms with E-state index in [0.29, 0.717) is 5.82 Å². The molecule has 0 atom stereocenters. The Balaban J connectivity index is 1.91. The van der Waals surface area contributed by atoms with E-state index >= 15 is 0 Å². The minimum absolute atomic E-state index is 0.0178. The van der Waals surface area contributed by atoms with Gasteiger partial charge in [0.15, 0.2) is 5.82 Å². The maximum Gasteiger partial charge on any atom is 0.322 e. The summed E-state index contributed by atoms with van der Waals surface area (Å²) in [5.74, 6) is 0.595. The molecule has 0 spiro atoms. The van der Waals surface area contributed by atoms with Gasteiger partial charge >= 0.3 is 6.03 Å². The molecule has 21 heavy (non-hydrogen) atoms. The van der Waals surface area contributed by atoms with Gasteiger partial charge in [0.05, 0.1) is 12.4 Å². The molecule has 0 aromatic carbocycles. The number of anilines is 2. The summed E-state index contributed by atoms with van der Waals surface area (Å²) in [5.41, 5.74) is 0. The molecule has 10 heteroatoms. The Kier molecular flexibility index (Phi) is 4.16. The maximum atomic E-state index is 11.8. The first-order valence-corrected chi connectivity index (χ1v) is 6.12. The van der Waals surface area contributed by atoms with Gasteiger partial charge in [0, 0.05) is 27.2 Å². The van der Waals surface area contributed by atoms with E-state index in [2.05, 4.69) is 26.0 Å². The van der Waals surface area contributed by atoms with Crippen LogP contribution in [0, 0.1) is 0 Å². The number of aryl methyl sites for hydroxylation is 1. The quantitative estimate of drug-likeness (QED) is 0.807. The van der Waals surface area contributed by atoms with E-state index in [4.69, 9.17) is 0 Å². The Bertz CT molecular complexity index is 644. The molecule has 2 heterocycles. The Hall–Kier alpha value is -2.91. The Morgan fingerprint density at radius 1 is 1.33 bits per heavy atom. The zero-order valence-electron chi connectivity index (χ0n) is 11.9. The minimum atomic E-state index is -0.318. The van der Waals surface area contributed by atoms with Crippen LogP contribution < -0.4 is 10.6 Å². The molecule has 0 aliphatic carbocycles. The zero-order chi connectivity index (χ0) is 15.4. The first-order valence-electron chi connectivity index (χ1n) is 6.12. The Morgan fingerprint density at radius 2 is 2.10 bits per heavy atom. The van der Waals surface area contributed by atoms with E-state index in [0.717, 1.165) is 0 Å². The van der Waals surface area contributed by atoms with Crippen molar-refractivity contribution >= 4 is 23.6 Å². The van der Waals surface area contributed by atoms with E-state index in [-0.39, 0.29) is 24.3 Å². The average molecular weight is 292 g/mol. The number of nitrogens with zero attached hydrogens (tertiary/aromatic N) is 6. The predicted molar refractivity (Wildman–Crippen MR) is 74.6 cm³/mol. The third-order valence-electron chi connectivity index (χ3n) is 2.57. The number of hydrogen-bond donors (Lipinski definition) is 2. The van der Waals surface area contributed by atoms with E-state index < -0.39 is 0 Å². The summed E-state index contributed by atoms with van der Waals surface area (Å²) in [6.07, 6.45) is 3.06. The Labute approximate surface area is 120 Å². The lowest BCUT2D eigenvalue weighted by molar-refractivity contribution is -0.117. The van der Waals surface area contributed by atoms with Crippen molar-refractivity contribution in [2.75, 3.05) is 24.7 Å². The third-order valence-corrected chi connectivity index (χ3v) is 2.57. The molecule has 112 valence electrons. The molecule has 0 aliphatic heterocycles. The van der Waals surface area contributed by atoms with Crippen LogP contribution in [0.5, 0.6) is 0 Å². The van der Waals surface area contributed by atoms with Crippen LogP contribution in [-0.4, -0.2) is 55.7 Å². The van der Waals surface area contributed by atoms with Gasteiger partial charge in [-0.3, -0.25) is 14.8 Å². The molecular formula is C11H16N8O2. The Morgan fingerprint density at radius 3 is 2.71 bits per heavy atom. The van der Waals surface area contributed by atoms with Crippen molar-refractivity contribution in [1.29, 1.82) is 0 Å². The average Bonchev–Trinajstić information content (AvgIpc) is 3.00. The lowest BCUT2D eigenvalue weighted by atomic mass is 10.5. The summed E-state index contributed by atoms with van der Waals surface area (Å²) >= 11 is 0. The molecule has 0 aliphatic rings. The van der Waals surface area contributed by atoms with Gasteiger partial charge in [0.1, 0.15) is 12.4 Å². The highest BCUT2D eigenvalue weighted by molar-refractivity contribution is 5.90. The number of carbonyl (C=O) groups is 2. The van der Waals surface area contributed by atoms with Gasteiger partial charge in [-0.15, -0.1) is 5.10 Å². The van der Waals surface area contributed by atoms with Crippen LogP contribution >= 0.6 is 0 Å². The minimum Gasteiger partial charge on any atom is -0.331 e. The second kappa shape index (κ2) is 6.03.